The molecule has 18 heavy (non-hydrogen) atoms. The molecule has 1 aromatic rings. The van der Waals surface area contributed by atoms with Gasteiger partial charge in [0.25, 0.3) is 5.79 Å². The Morgan fingerprint density at radius 2 is 1.89 bits per heavy atom. The Hall–Kier alpha value is -1.65. The molecular weight excluding hydrogens is 232 g/mol. The predicted molar refractivity (Wildman–Crippen MR) is 67.7 cm³/mol. The Morgan fingerprint density at radius 3 is 2.33 bits per heavy atom. The molecule has 0 radical (unpaired) electrons. The molecule has 4 heteroatoms. The molecule has 0 bridgehead atoms. The number of benzene rings is 1. The number of hydrogen-bond donors (Lipinski definition) is 0. The van der Waals surface area contributed by atoms with E-state index in [9.17, 15) is 4.79 Å². The Morgan fingerprint density at radius 1 is 1.28 bits per heavy atom. The summed E-state index contributed by atoms with van der Waals surface area (Å²) in [6, 6.07) is 9.18. The van der Waals surface area contributed by atoms with Crippen LogP contribution in [0.25, 0.3) is 0 Å². The van der Waals surface area contributed by atoms with Gasteiger partial charge in [-0.05, 0) is 12.5 Å². The molecule has 98 valence electrons. The smallest absolute Gasteiger partial charge is 0.305 e. The number of ether oxygens (including phenoxy) is 3. The number of rotatable bonds is 6. The molecule has 0 spiro atoms. The molecule has 0 heterocycles. The third kappa shape index (κ3) is 3.18. The lowest BCUT2D eigenvalue weighted by atomic mass is 9.99. The Balaban J connectivity index is 3.19. The summed E-state index contributed by atoms with van der Waals surface area (Å²) >= 11 is 0. The lowest BCUT2D eigenvalue weighted by molar-refractivity contribution is -0.246. The van der Waals surface area contributed by atoms with Gasteiger partial charge in [0.2, 0.25) is 0 Å². The zero-order valence-corrected chi connectivity index (χ0v) is 10.9. The minimum Gasteiger partial charge on any atom is -0.424 e. The molecule has 1 atom stereocenters. The van der Waals surface area contributed by atoms with Crippen molar-refractivity contribution < 1.29 is 19.0 Å². The van der Waals surface area contributed by atoms with Crippen molar-refractivity contribution in [2.75, 3.05) is 13.9 Å². The molecule has 0 aliphatic heterocycles. The molecular formula is C14H18O4. The second-order valence-corrected chi connectivity index (χ2v) is 3.91. The van der Waals surface area contributed by atoms with Gasteiger partial charge in [0.15, 0.2) is 6.79 Å². The molecule has 0 fully saturated rings. The number of carbonyl (C=O) groups is 1. The van der Waals surface area contributed by atoms with E-state index in [0.29, 0.717) is 11.1 Å². The molecule has 0 aliphatic carbocycles. The van der Waals surface area contributed by atoms with E-state index >= 15 is 0 Å². The van der Waals surface area contributed by atoms with Crippen LogP contribution >= 0.6 is 0 Å². The summed E-state index contributed by atoms with van der Waals surface area (Å²) in [5, 5.41) is 0. The van der Waals surface area contributed by atoms with Crippen LogP contribution in [-0.2, 0) is 24.8 Å². The van der Waals surface area contributed by atoms with Crippen LogP contribution in [0.1, 0.15) is 19.4 Å². The largest absolute Gasteiger partial charge is 0.424 e. The van der Waals surface area contributed by atoms with Crippen LogP contribution in [0.5, 0.6) is 0 Å². The van der Waals surface area contributed by atoms with Gasteiger partial charge in [0, 0.05) is 19.6 Å². The molecule has 1 aromatic carbocycles. The highest BCUT2D eigenvalue weighted by Gasteiger charge is 2.38. The van der Waals surface area contributed by atoms with Gasteiger partial charge in [-0.3, -0.25) is 4.79 Å². The maximum Gasteiger partial charge on any atom is 0.305 e. The molecule has 4 nitrogen and oxygen atoms in total. The van der Waals surface area contributed by atoms with E-state index in [1.165, 1.54) is 14.0 Å². The minimum absolute atomic E-state index is 0.00493. The molecule has 0 saturated heterocycles. The van der Waals surface area contributed by atoms with Crippen LogP contribution in [-0.4, -0.2) is 19.9 Å². The first kappa shape index (κ1) is 14.4. The number of carbonyl (C=O) groups excluding carboxylic acids is 1. The van der Waals surface area contributed by atoms with E-state index in [2.05, 4.69) is 6.58 Å². The van der Waals surface area contributed by atoms with Gasteiger partial charge >= 0.3 is 5.97 Å². The summed E-state index contributed by atoms with van der Waals surface area (Å²) in [5.74, 6) is -1.75. The van der Waals surface area contributed by atoms with Crippen LogP contribution in [0.15, 0.2) is 42.5 Å². The fraction of sp³-hybridized carbons (Fsp3) is 0.357. The summed E-state index contributed by atoms with van der Waals surface area (Å²) in [6.07, 6.45) is 0. The van der Waals surface area contributed by atoms with Gasteiger partial charge in [0.1, 0.15) is 0 Å². The van der Waals surface area contributed by atoms with Crippen LogP contribution in [0.3, 0.4) is 0 Å². The standard InChI is InChI=1S/C14H18O4/c1-11(2)14(17-10-16-4,18-12(3)15)13-8-6-5-7-9-13/h5-9H,1,10H2,2-4H3. The Bertz CT molecular complexity index is 413. The molecule has 0 aromatic heterocycles. The van der Waals surface area contributed by atoms with Gasteiger partial charge in [0.05, 0.1) is 0 Å². The van der Waals surface area contributed by atoms with Gasteiger partial charge in [-0.15, -0.1) is 0 Å². The topological polar surface area (TPSA) is 44.8 Å². The Labute approximate surface area is 107 Å². The third-order valence-corrected chi connectivity index (χ3v) is 2.38. The highest BCUT2D eigenvalue weighted by atomic mass is 16.8. The van der Waals surface area contributed by atoms with Crippen molar-refractivity contribution in [3.05, 3.63) is 48.0 Å². The van der Waals surface area contributed by atoms with Crippen molar-refractivity contribution in [1.29, 1.82) is 0 Å². The first-order chi connectivity index (χ1) is 8.53. The molecule has 0 saturated carbocycles. The van der Waals surface area contributed by atoms with Crippen LogP contribution < -0.4 is 0 Å². The van der Waals surface area contributed by atoms with Crippen molar-refractivity contribution in [3.63, 3.8) is 0 Å². The van der Waals surface area contributed by atoms with E-state index in [-0.39, 0.29) is 6.79 Å². The lowest BCUT2D eigenvalue weighted by Crippen LogP contribution is -2.36. The lowest BCUT2D eigenvalue weighted by Gasteiger charge is -2.33. The molecule has 0 amide bonds. The average molecular weight is 250 g/mol. The van der Waals surface area contributed by atoms with Crippen LogP contribution in [0.2, 0.25) is 0 Å². The molecule has 0 N–H and O–H groups in total. The van der Waals surface area contributed by atoms with Crippen molar-refractivity contribution in [1.82, 2.24) is 0 Å². The number of methoxy groups -OCH3 is 1. The van der Waals surface area contributed by atoms with Crippen LogP contribution in [0, 0.1) is 0 Å². The summed E-state index contributed by atoms with van der Waals surface area (Å²) in [5.41, 5.74) is 1.27. The third-order valence-electron chi connectivity index (χ3n) is 2.38. The monoisotopic (exact) mass is 250 g/mol. The summed E-state index contributed by atoms with van der Waals surface area (Å²) in [6.45, 7) is 6.92. The zero-order valence-electron chi connectivity index (χ0n) is 10.9. The van der Waals surface area contributed by atoms with Gasteiger partial charge < -0.3 is 14.2 Å². The number of esters is 1. The molecule has 1 unspecified atom stereocenters. The SMILES string of the molecule is C=C(C)C(OCOC)(OC(C)=O)c1ccccc1. The van der Waals surface area contributed by atoms with E-state index in [1.54, 1.807) is 6.92 Å². The number of hydrogen-bond acceptors (Lipinski definition) is 4. The second kappa shape index (κ2) is 6.33. The summed E-state index contributed by atoms with van der Waals surface area (Å²) in [7, 11) is 1.50. The highest BCUT2D eigenvalue weighted by Crippen LogP contribution is 2.34. The zero-order chi connectivity index (χ0) is 13.6. The summed E-state index contributed by atoms with van der Waals surface area (Å²) in [4.78, 5) is 11.3. The second-order valence-electron chi connectivity index (χ2n) is 3.91. The van der Waals surface area contributed by atoms with Crippen LogP contribution in [0.4, 0.5) is 0 Å². The van der Waals surface area contributed by atoms with E-state index in [4.69, 9.17) is 14.2 Å². The van der Waals surface area contributed by atoms with Gasteiger partial charge in [-0.25, -0.2) is 0 Å². The Kier molecular flexibility index (Phi) is 5.07. The van der Waals surface area contributed by atoms with E-state index in [0.717, 1.165) is 0 Å². The first-order valence-electron chi connectivity index (χ1n) is 5.57. The predicted octanol–water partition coefficient (Wildman–Crippen LogP) is 2.60. The maximum absolute atomic E-state index is 11.3. The van der Waals surface area contributed by atoms with E-state index in [1.807, 2.05) is 30.3 Å². The molecule has 0 aliphatic rings. The quantitative estimate of drug-likeness (QED) is 0.442. The molecule has 1 rings (SSSR count). The fourth-order valence-corrected chi connectivity index (χ4v) is 1.63. The first-order valence-corrected chi connectivity index (χ1v) is 5.57. The normalized spacial score (nSPS) is 13.7. The maximum atomic E-state index is 11.3. The summed E-state index contributed by atoms with van der Waals surface area (Å²) < 4.78 is 15.8. The van der Waals surface area contributed by atoms with Crippen molar-refractivity contribution in [2.45, 2.75) is 19.6 Å². The van der Waals surface area contributed by atoms with Gasteiger partial charge in [-0.1, -0.05) is 36.9 Å². The van der Waals surface area contributed by atoms with Gasteiger partial charge in [-0.2, -0.15) is 0 Å². The average Bonchev–Trinajstić information content (AvgIpc) is 2.34. The van der Waals surface area contributed by atoms with Crippen molar-refractivity contribution in [2.24, 2.45) is 0 Å². The van der Waals surface area contributed by atoms with Crippen molar-refractivity contribution in [3.8, 4) is 0 Å². The van der Waals surface area contributed by atoms with Crippen molar-refractivity contribution >= 4 is 5.97 Å². The minimum atomic E-state index is -1.30. The fourth-order valence-electron chi connectivity index (χ4n) is 1.63. The highest BCUT2D eigenvalue weighted by molar-refractivity contribution is 5.67. The van der Waals surface area contributed by atoms with E-state index < -0.39 is 11.8 Å².